The van der Waals surface area contributed by atoms with Crippen molar-refractivity contribution >= 4 is 57.4 Å². The zero-order valence-electron chi connectivity index (χ0n) is 17.3. The van der Waals surface area contributed by atoms with E-state index in [4.69, 9.17) is 4.74 Å². The minimum Gasteiger partial charge on any atom is -0.466 e. The number of benzene rings is 1. The van der Waals surface area contributed by atoms with Crippen molar-refractivity contribution in [1.82, 2.24) is 9.88 Å². The fourth-order valence-electron chi connectivity index (χ4n) is 3.36. The number of carbonyl (C=O) groups is 3. The quantitative estimate of drug-likeness (QED) is 0.452. The largest absolute Gasteiger partial charge is 0.466 e. The Labute approximate surface area is 197 Å². The fourth-order valence-corrected chi connectivity index (χ4v) is 5.90. The third-order valence-electron chi connectivity index (χ3n) is 4.71. The predicted molar refractivity (Wildman–Crippen MR) is 127 cm³/mol. The number of ether oxygens (including phenoxy) is 1. The number of nitrogens with one attached hydrogen (secondary N) is 1. The number of aromatic nitrogens is 1. The van der Waals surface area contributed by atoms with E-state index in [0.717, 1.165) is 10.4 Å². The number of thiazole rings is 1. The Kier molecular flexibility index (Phi) is 7.23. The summed E-state index contributed by atoms with van der Waals surface area (Å²) in [5.74, 6) is -0.406. The van der Waals surface area contributed by atoms with Gasteiger partial charge in [0.05, 0.1) is 31.0 Å². The second-order valence-corrected chi connectivity index (χ2v) is 9.90. The summed E-state index contributed by atoms with van der Waals surface area (Å²) in [6.45, 7) is 2.58. The molecule has 1 atom stereocenters. The first kappa shape index (κ1) is 22.5. The van der Waals surface area contributed by atoms with E-state index in [0.29, 0.717) is 29.5 Å². The third kappa shape index (κ3) is 5.20. The van der Waals surface area contributed by atoms with Crippen molar-refractivity contribution in [3.8, 4) is 0 Å². The van der Waals surface area contributed by atoms with Crippen molar-refractivity contribution in [3.63, 3.8) is 0 Å². The van der Waals surface area contributed by atoms with Crippen LogP contribution >= 0.6 is 34.4 Å². The molecule has 3 aromatic rings. The molecule has 1 aliphatic rings. The molecule has 0 saturated heterocycles. The molecule has 10 heteroatoms. The molecule has 2 aromatic heterocycles. The van der Waals surface area contributed by atoms with Crippen LogP contribution in [0.25, 0.3) is 0 Å². The van der Waals surface area contributed by atoms with E-state index in [2.05, 4.69) is 10.3 Å². The second-order valence-electron chi connectivity index (χ2n) is 6.94. The average molecular weight is 488 g/mol. The Hall–Kier alpha value is -2.69. The molecule has 1 N–H and O–H groups in total. The number of nitrogens with zero attached hydrogens (tertiary/aromatic N) is 2. The lowest BCUT2D eigenvalue weighted by Crippen LogP contribution is -2.27. The Morgan fingerprint density at radius 1 is 1.22 bits per heavy atom. The monoisotopic (exact) mass is 487 g/mol. The van der Waals surface area contributed by atoms with Crippen molar-refractivity contribution in [1.29, 1.82) is 0 Å². The summed E-state index contributed by atoms with van der Waals surface area (Å²) in [4.78, 5) is 44.3. The predicted octanol–water partition coefficient (Wildman–Crippen LogP) is 4.34. The Morgan fingerprint density at radius 2 is 2.06 bits per heavy atom. The standard InChI is InChI=1S/C22H21N3O4S3/c1-2-29-19(27)10-14-12-32-22(23-14)24-18(26)13-31-21-17-8-4-3-7-16(17)20(28)25(21)11-15-6-5-9-30-15/h3-9,12,21H,2,10-11,13H2,1H3,(H,23,24,26). The molecular weight excluding hydrogens is 466 g/mol. The highest BCUT2D eigenvalue weighted by Crippen LogP contribution is 2.42. The molecule has 0 fully saturated rings. The van der Waals surface area contributed by atoms with Crippen LogP contribution in [0, 0.1) is 0 Å². The van der Waals surface area contributed by atoms with Crippen LogP contribution in [0.5, 0.6) is 0 Å². The maximum absolute atomic E-state index is 13.0. The molecule has 4 rings (SSSR count). The van der Waals surface area contributed by atoms with Crippen molar-refractivity contribution in [3.05, 3.63) is 68.9 Å². The molecule has 1 aliphatic heterocycles. The summed E-state index contributed by atoms with van der Waals surface area (Å²) < 4.78 is 4.92. The van der Waals surface area contributed by atoms with Gasteiger partial charge in [-0.1, -0.05) is 24.3 Å². The molecule has 1 aromatic carbocycles. The summed E-state index contributed by atoms with van der Waals surface area (Å²) >= 11 is 4.28. The molecule has 1 unspecified atom stereocenters. The molecule has 3 heterocycles. The van der Waals surface area contributed by atoms with Crippen LogP contribution in [0.2, 0.25) is 0 Å². The smallest absolute Gasteiger partial charge is 0.311 e. The summed E-state index contributed by atoms with van der Waals surface area (Å²) in [6.07, 6.45) is 0.0770. The van der Waals surface area contributed by atoms with Crippen molar-refractivity contribution in [2.24, 2.45) is 0 Å². The minimum absolute atomic E-state index is 0.0181. The lowest BCUT2D eigenvalue weighted by molar-refractivity contribution is -0.142. The summed E-state index contributed by atoms with van der Waals surface area (Å²) in [6, 6.07) is 11.5. The molecule has 0 spiro atoms. The van der Waals surface area contributed by atoms with Gasteiger partial charge in [-0.05, 0) is 30.0 Å². The van der Waals surface area contributed by atoms with Crippen LogP contribution in [-0.4, -0.2) is 40.0 Å². The molecule has 0 radical (unpaired) electrons. The van der Waals surface area contributed by atoms with Gasteiger partial charge in [0.1, 0.15) is 5.37 Å². The van der Waals surface area contributed by atoms with Crippen LogP contribution < -0.4 is 5.32 Å². The molecular formula is C22H21N3O4S3. The highest BCUT2D eigenvalue weighted by atomic mass is 32.2. The number of thiophene rings is 1. The third-order valence-corrected chi connectivity index (χ3v) is 7.63. The molecule has 32 heavy (non-hydrogen) atoms. The first-order chi connectivity index (χ1) is 15.5. The van der Waals surface area contributed by atoms with E-state index in [1.165, 1.54) is 23.1 Å². The van der Waals surface area contributed by atoms with E-state index in [1.807, 2.05) is 46.7 Å². The number of hydrogen-bond donors (Lipinski definition) is 1. The Morgan fingerprint density at radius 3 is 2.84 bits per heavy atom. The number of fused-ring (bicyclic) bond motifs is 1. The van der Waals surface area contributed by atoms with E-state index >= 15 is 0 Å². The number of anilines is 1. The van der Waals surface area contributed by atoms with Crippen molar-refractivity contribution < 1.29 is 19.1 Å². The summed E-state index contributed by atoms with van der Waals surface area (Å²) in [5.41, 5.74) is 2.18. The van der Waals surface area contributed by atoms with Gasteiger partial charge in [-0.3, -0.25) is 14.4 Å². The lowest BCUT2D eigenvalue weighted by atomic mass is 10.1. The molecule has 2 amide bonds. The van der Waals surface area contributed by atoms with E-state index < -0.39 is 0 Å². The molecule has 0 bridgehead atoms. The van der Waals surface area contributed by atoms with Crippen LogP contribution in [-0.2, 0) is 27.3 Å². The zero-order valence-corrected chi connectivity index (χ0v) is 19.7. The molecule has 0 aliphatic carbocycles. The number of carbonyl (C=O) groups excluding carboxylic acids is 3. The summed E-state index contributed by atoms with van der Waals surface area (Å²) in [5, 5.41) is 6.70. The average Bonchev–Trinajstić information content (AvgIpc) is 3.50. The number of esters is 1. The highest BCUT2D eigenvalue weighted by molar-refractivity contribution is 8.00. The second kappa shape index (κ2) is 10.3. The Balaban J connectivity index is 1.39. The topological polar surface area (TPSA) is 88.6 Å². The minimum atomic E-state index is -0.346. The van der Waals surface area contributed by atoms with Crippen LogP contribution in [0.1, 0.15) is 38.8 Å². The Bertz CT molecular complexity index is 1110. The maximum Gasteiger partial charge on any atom is 0.311 e. The number of amides is 2. The van der Waals surface area contributed by atoms with E-state index in [9.17, 15) is 14.4 Å². The van der Waals surface area contributed by atoms with E-state index in [-0.39, 0.29) is 35.3 Å². The van der Waals surface area contributed by atoms with Crippen molar-refractivity contribution in [2.45, 2.75) is 25.3 Å². The number of thioether (sulfide) groups is 1. The normalized spacial score (nSPS) is 15.0. The van der Waals surface area contributed by atoms with Crippen LogP contribution in [0.4, 0.5) is 5.13 Å². The van der Waals surface area contributed by atoms with Crippen molar-refractivity contribution in [2.75, 3.05) is 17.7 Å². The first-order valence-corrected chi connectivity index (χ1v) is 12.8. The number of hydrogen-bond acceptors (Lipinski definition) is 8. The van der Waals surface area contributed by atoms with Gasteiger partial charge in [-0.2, -0.15) is 0 Å². The SMILES string of the molecule is CCOC(=O)Cc1csc(NC(=O)CSC2c3ccccc3C(=O)N2Cc2cccs2)n1. The van der Waals surface area contributed by atoms with Gasteiger partial charge >= 0.3 is 5.97 Å². The van der Waals surface area contributed by atoms with Gasteiger partial charge in [0.2, 0.25) is 5.91 Å². The van der Waals surface area contributed by atoms with Gasteiger partial charge in [0.25, 0.3) is 5.91 Å². The van der Waals surface area contributed by atoms with Gasteiger partial charge in [0.15, 0.2) is 5.13 Å². The highest BCUT2D eigenvalue weighted by Gasteiger charge is 2.37. The van der Waals surface area contributed by atoms with Gasteiger partial charge in [-0.25, -0.2) is 4.98 Å². The maximum atomic E-state index is 13.0. The van der Waals surface area contributed by atoms with Gasteiger partial charge in [-0.15, -0.1) is 34.4 Å². The molecule has 7 nitrogen and oxygen atoms in total. The zero-order chi connectivity index (χ0) is 22.5. The first-order valence-electron chi connectivity index (χ1n) is 9.99. The van der Waals surface area contributed by atoms with Gasteiger partial charge in [0, 0.05) is 15.8 Å². The molecule has 0 saturated carbocycles. The number of rotatable bonds is 9. The van der Waals surface area contributed by atoms with Crippen LogP contribution in [0.3, 0.4) is 0 Å². The van der Waals surface area contributed by atoms with E-state index in [1.54, 1.807) is 23.6 Å². The fraction of sp³-hybridized carbons (Fsp3) is 0.273. The van der Waals surface area contributed by atoms with Crippen LogP contribution in [0.15, 0.2) is 47.2 Å². The lowest BCUT2D eigenvalue weighted by Gasteiger charge is -2.24. The molecule has 166 valence electrons. The van der Waals surface area contributed by atoms with Gasteiger partial charge < -0.3 is 15.0 Å². The summed E-state index contributed by atoms with van der Waals surface area (Å²) in [7, 11) is 0.